The van der Waals surface area contributed by atoms with Gasteiger partial charge >= 0.3 is 0 Å². The fourth-order valence-electron chi connectivity index (χ4n) is 1.54. The Labute approximate surface area is 73.2 Å². The molecule has 0 saturated heterocycles. The second kappa shape index (κ2) is 3.05. The van der Waals surface area contributed by atoms with Crippen molar-refractivity contribution >= 4 is 11.4 Å². The summed E-state index contributed by atoms with van der Waals surface area (Å²) in [5.74, 6) is 0. The molecule has 12 heavy (non-hydrogen) atoms. The second-order valence-electron chi connectivity index (χ2n) is 2.90. The summed E-state index contributed by atoms with van der Waals surface area (Å²) in [5.41, 5.74) is 2.52. The normalized spacial score (nSPS) is 15.2. The van der Waals surface area contributed by atoms with E-state index in [1.807, 2.05) is 0 Å². The number of fused-ring (bicyclic) bond motifs is 1. The predicted molar refractivity (Wildman–Crippen MR) is 52.3 cm³/mol. The molecule has 1 aliphatic rings. The van der Waals surface area contributed by atoms with Gasteiger partial charge in [-0.15, -0.1) is 0 Å². The summed E-state index contributed by atoms with van der Waals surface area (Å²) >= 11 is 0. The molecule has 0 unspecified atom stereocenters. The van der Waals surface area contributed by atoms with Crippen LogP contribution in [0.3, 0.4) is 0 Å². The molecule has 0 aromatic heterocycles. The van der Waals surface area contributed by atoms with Crippen LogP contribution in [0.1, 0.15) is 6.92 Å². The maximum atomic E-state index is 3.26. The highest BCUT2D eigenvalue weighted by Crippen LogP contribution is 2.28. The van der Waals surface area contributed by atoms with Gasteiger partial charge in [-0.1, -0.05) is 12.1 Å². The lowest BCUT2D eigenvalue weighted by Crippen LogP contribution is -2.30. The van der Waals surface area contributed by atoms with Crippen molar-refractivity contribution in [1.82, 2.24) is 0 Å². The lowest BCUT2D eigenvalue weighted by atomic mass is 10.2. The Morgan fingerprint density at radius 3 is 3.08 bits per heavy atom. The quantitative estimate of drug-likeness (QED) is 0.678. The molecule has 1 aromatic carbocycles. The summed E-state index contributed by atoms with van der Waals surface area (Å²) < 4.78 is 0. The maximum absolute atomic E-state index is 3.26. The molecule has 1 aromatic rings. The summed E-state index contributed by atoms with van der Waals surface area (Å²) in [4.78, 5) is 2.34. The Morgan fingerprint density at radius 2 is 2.25 bits per heavy atom. The fraction of sp³-hybridized carbons (Fsp3) is 0.300. The number of nitrogens with zero attached hydrogens (tertiary/aromatic N) is 1. The van der Waals surface area contributed by atoms with E-state index in [4.69, 9.17) is 0 Å². The highest BCUT2D eigenvalue weighted by molar-refractivity contribution is 5.72. The van der Waals surface area contributed by atoms with Crippen molar-refractivity contribution in [3.8, 4) is 0 Å². The number of likely N-dealkylation sites (N-methyl/N-ethyl adjacent to an activating group) is 1. The van der Waals surface area contributed by atoms with Crippen LogP contribution in [0.5, 0.6) is 0 Å². The topological polar surface area (TPSA) is 15.3 Å². The smallest absolute Gasteiger partial charge is 0.0655 e. The highest BCUT2D eigenvalue weighted by Gasteiger charge is 2.13. The lowest BCUT2D eigenvalue weighted by molar-refractivity contribution is 0.861. The molecule has 0 atom stereocenters. The standard InChI is InChI=1S/C10H13N2/c1-2-12-8-7-11-9-5-3-4-6-10(9)12/h3-7,11H,2,8H2,1H3. The van der Waals surface area contributed by atoms with E-state index in [1.165, 1.54) is 11.4 Å². The number of rotatable bonds is 1. The molecule has 1 radical (unpaired) electrons. The number of hydrogen-bond acceptors (Lipinski definition) is 2. The van der Waals surface area contributed by atoms with Gasteiger partial charge in [-0.2, -0.15) is 0 Å². The summed E-state index contributed by atoms with van der Waals surface area (Å²) in [6.07, 6.45) is 0. The van der Waals surface area contributed by atoms with Crippen molar-refractivity contribution in [1.29, 1.82) is 0 Å². The van der Waals surface area contributed by atoms with Gasteiger partial charge < -0.3 is 10.2 Å². The molecule has 1 N–H and O–H groups in total. The van der Waals surface area contributed by atoms with Crippen molar-refractivity contribution in [3.63, 3.8) is 0 Å². The molecule has 2 nitrogen and oxygen atoms in total. The first-order valence-electron chi connectivity index (χ1n) is 4.34. The first-order chi connectivity index (χ1) is 5.92. The van der Waals surface area contributed by atoms with E-state index in [9.17, 15) is 0 Å². The zero-order valence-electron chi connectivity index (χ0n) is 7.25. The molecule has 0 amide bonds. The van der Waals surface area contributed by atoms with E-state index in [-0.39, 0.29) is 0 Å². The third-order valence-electron chi connectivity index (χ3n) is 2.20. The molecular weight excluding hydrogens is 148 g/mol. The minimum Gasteiger partial charge on any atom is -0.377 e. The van der Waals surface area contributed by atoms with Gasteiger partial charge in [0.2, 0.25) is 0 Å². The molecule has 0 aliphatic carbocycles. The zero-order chi connectivity index (χ0) is 8.39. The lowest BCUT2D eigenvalue weighted by Gasteiger charge is -2.30. The van der Waals surface area contributed by atoms with Gasteiger partial charge in [0.1, 0.15) is 0 Å². The average Bonchev–Trinajstić information content (AvgIpc) is 2.17. The molecule has 0 bridgehead atoms. The first kappa shape index (κ1) is 7.47. The maximum Gasteiger partial charge on any atom is 0.0655 e. The van der Waals surface area contributed by atoms with E-state index < -0.39 is 0 Å². The van der Waals surface area contributed by atoms with Crippen molar-refractivity contribution in [3.05, 3.63) is 30.8 Å². The average molecular weight is 161 g/mol. The predicted octanol–water partition coefficient (Wildman–Crippen LogP) is 2.10. The third kappa shape index (κ3) is 1.13. The SMILES string of the molecule is CCN1C[CH]Nc2ccccc21. The van der Waals surface area contributed by atoms with Crippen LogP contribution in [0, 0.1) is 6.54 Å². The molecule has 0 fully saturated rings. The van der Waals surface area contributed by atoms with E-state index in [1.54, 1.807) is 0 Å². The molecular formula is C10H13N2. The molecule has 1 aliphatic heterocycles. The van der Waals surface area contributed by atoms with Crippen molar-refractivity contribution in [2.24, 2.45) is 0 Å². The molecule has 0 spiro atoms. The Bertz CT molecular complexity index is 270. The largest absolute Gasteiger partial charge is 0.377 e. The van der Waals surface area contributed by atoms with Crippen molar-refractivity contribution in [2.45, 2.75) is 6.92 Å². The highest BCUT2D eigenvalue weighted by atomic mass is 15.2. The number of anilines is 2. The zero-order valence-corrected chi connectivity index (χ0v) is 7.25. The van der Waals surface area contributed by atoms with Gasteiger partial charge in [-0.25, -0.2) is 0 Å². The van der Waals surface area contributed by atoms with Crippen LogP contribution in [0.4, 0.5) is 11.4 Å². The Kier molecular flexibility index (Phi) is 1.90. The monoisotopic (exact) mass is 161 g/mol. The molecule has 0 saturated carbocycles. The van der Waals surface area contributed by atoms with Crippen molar-refractivity contribution < 1.29 is 0 Å². The van der Waals surface area contributed by atoms with Crippen LogP contribution in [0.2, 0.25) is 0 Å². The van der Waals surface area contributed by atoms with E-state index in [0.29, 0.717) is 0 Å². The minimum atomic E-state index is 0.994. The second-order valence-corrected chi connectivity index (χ2v) is 2.90. The summed E-state index contributed by atoms with van der Waals surface area (Å²) in [6, 6.07) is 8.39. The summed E-state index contributed by atoms with van der Waals surface area (Å²) in [6.45, 7) is 6.32. The van der Waals surface area contributed by atoms with Crippen molar-refractivity contribution in [2.75, 3.05) is 23.3 Å². The third-order valence-corrected chi connectivity index (χ3v) is 2.20. The van der Waals surface area contributed by atoms with Crippen LogP contribution >= 0.6 is 0 Å². The Morgan fingerprint density at radius 1 is 1.42 bits per heavy atom. The van der Waals surface area contributed by atoms with E-state index in [0.717, 1.165) is 13.1 Å². The summed E-state index contributed by atoms with van der Waals surface area (Å²) in [5, 5.41) is 3.26. The van der Waals surface area contributed by atoms with E-state index in [2.05, 4.69) is 48.0 Å². The fourth-order valence-corrected chi connectivity index (χ4v) is 1.54. The number of nitrogens with one attached hydrogen (secondary N) is 1. The van der Waals surface area contributed by atoms with Crippen LogP contribution in [0.15, 0.2) is 24.3 Å². The van der Waals surface area contributed by atoms with Crippen LogP contribution in [-0.2, 0) is 0 Å². The van der Waals surface area contributed by atoms with Gasteiger partial charge in [-0.3, -0.25) is 0 Å². The van der Waals surface area contributed by atoms with Gasteiger partial charge in [0, 0.05) is 13.1 Å². The number of para-hydroxylation sites is 2. The van der Waals surface area contributed by atoms with Gasteiger partial charge in [0.05, 0.1) is 17.9 Å². The molecule has 63 valence electrons. The first-order valence-corrected chi connectivity index (χ1v) is 4.34. The van der Waals surface area contributed by atoms with Gasteiger partial charge in [-0.05, 0) is 19.1 Å². The van der Waals surface area contributed by atoms with Gasteiger partial charge in [0.25, 0.3) is 0 Å². The molecule has 1 heterocycles. The van der Waals surface area contributed by atoms with Crippen LogP contribution < -0.4 is 10.2 Å². The minimum absolute atomic E-state index is 0.994. The Hall–Kier alpha value is -1.18. The molecule has 2 rings (SSSR count). The molecule has 2 heteroatoms. The number of benzene rings is 1. The Balaban J connectivity index is 2.37. The van der Waals surface area contributed by atoms with Gasteiger partial charge in [0.15, 0.2) is 0 Å². The number of hydrogen-bond donors (Lipinski definition) is 1. The van der Waals surface area contributed by atoms with E-state index >= 15 is 0 Å². The van der Waals surface area contributed by atoms with Crippen LogP contribution in [-0.4, -0.2) is 13.1 Å². The van der Waals surface area contributed by atoms with Crippen LogP contribution in [0.25, 0.3) is 0 Å². The summed E-state index contributed by atoms with van der Waals surface area (Å²) in [7, 11) is 0.